The predicted octanol–water partition coefficient (Wildman–Crippen LogP) is 4.53. The van der Waals surface area contributed by atoms with Crippen LogP contribution in [0.3, 0.4) is 0 Å². The molecule has 166 valence electrons. The van der Waals surface area contributed by atoms with Crippen LogP contribution in [0.15, 0.2) is 71.1 Å². The molecule has 3 aromatic heterocycles. The highest BCUT2D eigenvalue weighted by molar-refractivity contribution is 7.98. The van der Waals surface area contributed by atoms with Gasteiger partial charge >= 0.3 is 6.01 Å². The number of benzene rings is 2. The first kappa shape index (κ1) is 21.3. The fraction of sp³-hybridized carbons (Fsp3) is 0.0909. The van der Waals surface area contributed by atoms with Crippen LogP contribution < -0.4 is 4.74 Å². The number of aromatic nitrogens is 5. The van der Waals surface area contributed by atoms with Crippen molar-refractivity contribution in [2.24, 2.45) is 0 Å². The maximum Gasteiger partial charge on any atom is 0.325 e. The van der Waals surface area contributed by atoms with Gasteiger partial charge in [0, 0.05) is 22.9 Å². The molecule has 0 atom stereocenters. The summed E-state index contributed by atoms with van der Waals surface area (Å²) in [7, 11) is -3.53. The topological polar surface area (TPSA) is 111 Å². The summed E-state index contributed by atoms with van der Waals surface area (Å²) in [5.41, 5.74) is 2.32. The van der Waals surface area contributed by atoms with Gasteiger partial charge in [0.25, 0.3) is 0 Å². The summed E-state index contributed by atoms with van der Waals surface area (Å²) in [6.45, 7) is 0. The van der Waals surface area contributed by atoms with Gasteiger partial charge in [-0.25, -0.2) is 22.8 Å². The molecular weight excluding hydrogens is 465 g/mol. The first-order valence-electron chi connectivity index (χ1n) is 9.72. The molecule has 0 bridgehead atoms. The van der Waals surface area contributed by atoms with Crippen molar-refractivity contribution in [3.05, 3.63) is 72.3 Å². The molecule has 0 saturated carbocycles. The second-order valence-electron chi connectivity index (χ2n) is 7.20. The molecule has 0 aliphatic carbocycles. The molecule has 0 unspecified atom stereocenters. The van der Waals surface area contributed by atoms with Gasteiger partial charge in [-0.2, -0.15) is 9.97 Å². The Bertz CT molecular complexity index is 1570. The van der Waals surface area contributed by atoms with Gasteiger partial charge in [-0.1, -0.05) is 30.3 Å². The van der Waals surface area contributed by atoms with Crippen LogP contribution in [-0.2, 0) is 15.6 Å². The third-order valence-corrected chi connectivity index (χ3v) is 6.64. The summed E-state index contributed by atoms with van der Waals surface area (Å²) in [5, 5.41) is 1.68. The molecule has 0 aliphatic heterocycles. The number of thioether (sulfide) groups is 1. The number of hydrogen-bond acceptors (Lipinski definition) is 8. The maximum atomic E-state index is 14.0. The lowest BCUT2D eigenvalue weighted by atomic mass is 10.2. The zero-order chi connectivity index (χ0) is 23.0. The standard InChI is InChI=1S/C22H16FN5O3S2/c1-33(29,30)22-24-10-15(11-25-22)31-21-27-19-18(16-9-14(23)7-8-17(16)26-19)20(28-21)32-12-13-5-3-2-4-6-13/h2-11H,12H2,1H3,(H,26,27,28). The SMILES string of the molecule is CS(=O)(=O)c1ncc(Oc2nc(SCc3ccccc3)c3c(n2)[nH]c2ccc(F)cc23)cn1. The Kier molecular flexibility index (Phi) is 5.43. The average Bonchev–Trinajstić information content (AvgIpc) is 3.15. The van der Waals surface area contributed by atoms with Gasteiger partial charge in [0.1, 0.15) is 16.5 Å². The number of aromatic amines is 1. The zero-order valence-corrected chi connectivity index (χ0v) is 18.8. The van der Waals surface area contributed by atoms with Crippen LogP contribution >= 0.6 is 11.8 Å². The van der Waals surface area contributed by atoms with E-state index in [9.17, 15) is 12.8 Å². The minimum Gasteiger partial charge on any atom is -0.421 e. The second kappa shape index (κ2) is 8.41. The Morgan fingerprint density at radius 3 is 2.55 bits per heavy atom. The van der Waals surface area contributed by atoms with Crippen LogP contribution in [0.2, 0.25) is 0 Å². The molecular formula is C22H16FN5O3S2. The van der Waals surface area contributed by atoms with E-state index in [1.165, 1.54) is 36.3 Å². The quantitative estimate of drug-likeness (QED) is 0.214. The van der Waals surface area contributed by atoms with Gasteiger partial charge in [-0.05, 0) is 23.8 Å². The van der Waals surface area contributed by atoms with Crippen molar-refractivity contribution in [2.45, 2.75) is 15.9 Å². The van der Waals surface area contributed by atoms with Gasteiger partial charge in [0.2, 0.25) is 15.0 Å². The van der Waals surface area contributed by atoms with E-state index >= 15 is 0 Å². The van der Waals surface area contributed by atoms with E-state index in [2.05, 4.69) is 24.9 Å². The fourth-order valence-electron chi connectivity index (χ4n) is 3.24. The van der Waals surface area contributed by atoms with E-state index in [1.807, 2.05) is 30.3 Å². The monoisotopic (exact) mass is 481 g/mol. The van der Waals surface area contributed by atoms with E-state index in [0.717, 1.165) is 17.3 Å². The minimum atomic E-state index is -3.53. The molecule has 0 spiro atoms. The van der Waals surface area contributed by atoms with Gasteiger partial charge in [0.05, 0.1) is 17.8 Å². The minimum absolute atomic E-state index is 0.0285. The number of halogens is 1. The van der Waals surface area contributed by atoms with Gasteiger partial charge in [-0.15, -0.1) is 11.8 Å². The largest absolute Gasteiger partial charge is 0.421 e. The lowest BCUT2D eigenvalue weighted by Gasteiger charge is -2.08. The number of nitrogens with zero attached hydrogens (tertiary/aromatic N) is 4. The molecule has 1 N–H and O–H groups in total. The lowest BCUT2D eigenvalue weighted by molar-refractivity contribution is 0.433. The molecule has 0 fully saturated rings. The molecule has 0 amide bonds. The van der Waals surface area contributed by atoms with Crippen LogP contribution in [0.5, 0.6) is 11.8 Å². The Morgan fingerprint density at radius 1 is 1.06 bits per heavy atom. The third-order valence-electron chi connectivity index (χ3n) is 4.72. The van der Waals surface area contributed by atoms with Gasteiger partial charge in [-0.3, -0.25) is 0 Å². The van der Waals surface area contributed by atoms with Crippen molar-refractivity contribution in [1.82, 2.24) is 24.9 Å². The summed E-state index contributed by atoms with van der Waals surface area (Å²) < 4.78 is 42.8. The first-order valence-corrected chi connectivity index (χ1v) is 12.6. The molecule has 5 aromatic rings. The number of sulfone groups is 1. The smallest absolute Gasteiger partial charge is 0.325 e. The maximum absolute atomic E-state index is 14.0. The summed E-state index contributed by atoms with van der Waals surface area (Å²) in [6, 6.07) is 14.4. The summed E-state index contributed by atoms with van der Waals surface area (Å²) in [6.07, 6.45) is 3.51. The van der Waals surface area contributed by atoms with E-state index in [-0.39, 0.29) is 22.7 Å². The van der Waals surface area contributed by atoms with Gasteiger partial charge < -0.3 is 9.72 Å². The Labute approximate surface area is 192 Å². The highest BCUT2D eigenvalue weighted by Crippen LogP contribution is 2.35. The van der Waals surface area contributed by atoms with Crippen LogP contribution in [-0.4, -0.2) is 39.6 Å². The fourth-order valence-corrected chi connectivity index (χ4v) is 4.72. The van der Waals surface area contributed by atoms with Crippen molar-refractivity contribution in [1.29, 1.82) is 0 Å². The highest BCUT2D eigenvalue weighted by atomic mass is 32.2. The number of H-pyrrole nitrogens is 1. The highest BCUT2D eigenvalue weighted by Gasteiger charge is 2.17. The average molecular weight is 482 g/mol. The number of fused-ring (bicyclic) bond motifs is 3. The number of ether oxygens (including phenoxy) is 1. The van der Waals surface area contributed by atoms with E-state index in [0.29, 0.717) is 27.2 Å². The van der Waals surface area contributed by atoms with E-state index in [1.54, 1.807) is 6.07 Å². The summed E-state index contributed by atoms with van der Waals surface area (Å²) >= 11 is 1.47. The van der Waals surface area contributed by atoms with E-state index < -0.39 is 9.84 Å². The second-order valence-corrected chi connectivity index (χ2v) is 10.1. The Morgan fingerprint density at radius 2 is 1.82 bits per heavy atom. The predicted molar refractivity (Wildman–Crippen MR) is 123 cm³/mol. The normalized spacial score (nSPS) is 11.8. The van der Waals surface area contributed by atoms with Gasteiger partial charge in [0.15, 0.2) is 5.75 Å². The van der Waals surface area contributed by atoms with E-state index in [4.69, 9.17) is 4.74 Å². The van der Waals surface area contributed by atoms with Crippen LogP contribution in [0.4, 0.5) is 4.39 Å². The number of hydrogen-bond donors (Lipinski definition) is 1. The van der Waals surface area contributed by atoms with Crippen molar-refractivity contribution in [2.75, 3.05) is 6.26 Å². The molecule has 5 rings (SSSR count). The molecule has 0 aliphatic rings. The van der Waals surface area contributed by atoms with Crippen LogP contribution in [0.25, 0.3) is 21.9 Å². The molecule has 0 radical (unpaired) electrons. The first-order chi connectivity index (χ1) is 15.9. The Balaban J connectivity index is 1.56. The lowest BCUT2D eigenvalue weighted by Crippen LogP contribution is -2.03. The molecule has 3 heterocycles. The molecule has 0 saturated heterocycles. The summed E-state index contributed by atoms with van der Waals surface area (Å²) in [5.74, 6) is 0.467. The van der Waals surface area contributed by atoms with Crippen LogP contribution in [0, 0.1) is 5.82 Å². The van der Waals surface area contributed by atoms with Crippen LogP contribution in [0.1, 0.15) is 5.56 Å². The molecule has 11 heteroatoms. The Hall–Kier alpha value is -3.57. The third kappa shape index (κ3) is 4.50. The summed E-state index contributed by atoms with van der Waals surface area (Å²) in [4.78, 5) is 19.8. The number of nitrogens with one attached hydrogen (secondary N) is 1. The zero-order valence-electron chi connectivity index (χ0n) is 17.2. The van der Waals surface area contributed by atoms with Crippen molar-refractivity contribution in [3.63, 3.8) is 0 Å². The van der Waals surface area contributed by atoms with Crippen molar-refractivity contribution < 1.29 is 17.5 Å². The number of rotatable bonds is 6. The van der Waals surface area contributed by atoms with Crippen molar-refractivity contribution in [3.8, 4) is 11.8 Å². The van der Waals surface area contributed by atoms with Crippen molar-refractivity contribution >= 4 is 43.5 Å². The molecule has 8 nitrogen and oxygen atoms in total. The molecule has 2 aromatic carbocycles. The molecule has 33 heavy (non-hydrogen) atoms.